The van der Waals surface area contributed by atoms with E-state index in [-0.39, 0.29) is 22.9 Å². The number of nitro groups is 1. The molecule has 9 nitrogen and oxygen atoms in total. The normalized spacial score (nSPS) is 10.5. The molecule has 0 unspecified atom stereocenters. The van der Waals surface area contributed by atoms with Gasteiger partial charge in [-0.3, -0.25) is 14.9 Å². The number of anilines is 2. The molecule has 3 rings (SSSR count). The van der Waals surface area contributed by atoms with Gasteiger partial charge in [0.1, 0.15) is 11.4 Å². The maximum atomic E-state index is 11.2. The van der Waals surface area contributed by atoms with Gasteiger partial charge in [-0.05, 0) is 32.9 Å². The van der Waals surface area contributed by atoms with Crippen molar-refractivity contribution in [2.45, 2.75) is 26.4 Å². The molecule has 9 heteroatoms. The van der Waals surface area contributed by atoms with E-state index in [4.69, 9.17) is 10.5 Å². The van der Waals surface area contributed by atoms with E-state index in [1.807, 2.05) is 58.2 Å². The summed E-state index contributed by atoms with van der Waals surface area (Å²) in [6.07, 6.45) is 1.38. The molecular weight excluding hydrogens is 388 g/mol. The number of carbonyl (C=O) groups is 1. The van der Waals surface area contributed by atoms with Gasteiger partial charge in [-0.1, -0.05) is 24.3 Å². The topological polar surface area (TPSA) is 130 Å². The summed E-state index contributed by atoms with van der Waals surface area (Å²) < 4.78 is 10.3. The van der Waals surface area contributed by atoms with Crippen molar-refractivity contribution in [3.05, 3.63) is 58.8 Å². The van der Waals surface area contributed by atoms with E-state index in [0.29, 0.717) is 12.2 Å². The Balaban J connectivity index is 0.000000396. The van der Waals surface area contributed by atoms with Crippen LogP contribution in [0.5, 0.6) is 11.5 Å². The van der Waals surface area contributed by atoms with Gasteiger partial charge >= 0.3 is 5.69 Å². The highest BCUT2D eigenvalue weighted by Crippen LogP contribution is 2.38. The molecule has 0 saturated heterocycles. The average molecular weight is 412 g/mol. The lowest BCUT2D eigenvalue weighted by molar-refractivity contribution is -0.384. The third-order valence-electron chi connectivity index (χ3n) is 3.87. The van der Waals surface area contributed by atoms with Crippen LogP contribution in [0.2, 0.25) is 0 Å². The Bertz CT molecular complexity index is 1050. The molecule has 1 heterocycles. The molecule has 3 N–H and O–H groups in total. The van der Waals surface area contributed by atoms with Crippen molar-refractivity contribution in [2.75, 3.05) is 18.1 Å². The molecule has 158 valence electrons. The van der Waals surface area contributed by atoms with Crippen LogP contribution in [0, 0.1) is 10.1 Å². The summed E-state index contributed by atoms with van der Waals surface area (Å²) >= 11 is 0. The second kappa shape index (κ2) is 9.55. The number of fused-ring (bicyclic) bond motifs is 1. The van der Waals surface area contributed by atoms with E-state index in [1.54, 1.807) is 6.07 Å². The molecule has 30 heavy (non-hydrogen) atoms. The first kappa shape index (κ1) is 22.4. The smallest absolute Gasteiger partial charge is 0.353 e. The van der Waals surface area contributed by atoms with Crippen molar-refractivity contribution in [2.24, 2.45) is 0 Å². The molecule has 0 aliphatic rings. The van der Waals surface area contributed by atoms with Crippen LogP contribution >= 0.6 is 0 Å². The van der Waals surface area contributed by atoms with E-state index in [1.165, 1.54) is 12.3 Å². The minimum atomic E-state index is -0.595. The lowest BCUT2D eigenvalue weighted by Crippen LogP contribution is -2.17. The molecule has 0 saturated carbocycles. The highest BCUT2D eigenvalue weighted by atomic mass is 16.6. The van der Waals surface area contributed by atoms with Crippen molar-refractivity contribution in [3.63, 3.8) is 0 Å². The summed E-state index contributed by atoms with van der Waals surface area (Å²) in [6, 6.07) is 12.7. The fourth-order valence-electron chi connectivity index (χ4n) is 2.56. The van der Waals surface area contributed by atoms with Gasteiger partial charge in [-0.25, -0.2) is 4.98 Å². The van der Waals surface area contributed by atoms with Crippen molar-refractivity contribution < 1.29 is 19.2 Å². The Labute approximate surface area is 174 Å². The van der Waals surface area contributed by atoms with Gasteiger partial charge in [-0.2, -0.15) is 0 Å². The van der Waals surface area contributed by atoms with E-state index >= 15 is 0 Å². The predicted octanol–water partition coefficient (Wildman–Crippen LogP) is 4.52. The van der Waals surface area contributed by atoms with Gasteiger partial charge in [-0.15, -0.1) is 0 Å². The van der Waals surface area contributed by atoms with Crippen molar-refractivity contribution in [1.29, 1.82) is 0 Å². The largest absolute Gasteiger partial charge is 0.462 e. The molecule has 2 aromatic carbocycles. The maximum Gasteiger partial charge on any atom is 0.353 e. The minimum Gasteiger partial charge on any atom is -0.462 e. The molecule has 1 aromatic heterocycles. The number of carbonyl (C=O) groups excluding carboxylic acids is 1. The van der Waals surface area contributed by atoms with Gasteiger partial charge in [0.25, 0.3) is 6.47 Å². The quantitative estimate of drug-likeness (QED) is 0.355. The van der Waals surface area contributed by atoms with Crippen LogP contribution in [-0.4, -0.2) is 29.0 Å². The number of nitrogens with zero attached hydrogens (tertiary/aromatic N) is 2. The summed E-state index contributed by atoms with van der Waals surface area (Å²) in [5.74, 6) is 0.391. The van der Waals surface area contributed by atoms with Crippen molar-refractivity contribution in [3.8, 4) is 11.5 Å². The van der Waals surface area contributed by atoms with Gasteiger partial charge in [0.05, 0.1) is 4.92 Å². The van der Waals surface area contributed by atoms with E-state index in [2.05, 4.69) is 15.0 Å². The third kappa shape index (κ3) is 5.57. The van der Waals surface area contributed by atoms with E-state index in [9.17, 15) is 14.9 Å². The number of hydrogen-bond acceptors (Lipinski definition) is 8. The highest BCUT2D eigenvalue weighted by Gasteiger charge is 2.21. The molecule has 0 radical (unpaired) electrons. The molecule has 3 aromatic rings. The third-order valence-corrected chi connectivity index (χ3v) is 3.87. The summed E-state index contributed by atoms with van der Waals surface area (Å²) in [5.41, 5.74) is 5.88. The zero-order chi connectivity index (χ0) is 22.3. The van der Waals surface area contributed by atoms with E-state index < -0.39 is 4.92 Å². The van der Waals surface area contributed by atoms with Crippen molar-refractivity contribution in [1.82, 2.24) is 4.98 Å². The molecule has 0 bridgehead atoms. The number of ether oxygens (including phenoxy) is 2. The monoisotopic (exact) mass is 412 g/mol. The molecule has 0 aliphatic heterocycles. The van der Waals surface area contributed by atoms with Gasteiger partial charge in [0.2, 0.25) is 11.6 Å². The number of aromatic nitrogens is 1. The van der Waals surface area contributed by atoms with Crippen LogP contribution in [0.25, 0.3) is 10.8 Å². The lowest BCUT2D eigenvalue weighted by Gasteiger charge is -2.14. The Kier molecular flexibility index (Phi) is 7.13. The van der Waals surface area contributed by atoms with Crippen molar-refractivity contribution >= 4 is 34.4 Å². The van der Waals surface area contributed by atoms with Gasteiger partial charge < -0.3 is 20.5 Å². The molecule has 0 fully saturated rings. The average Bonchev–Trinajstić information content (AvgIpc) is 2.67. The molecule has 0 spiro atoms. The first-order chi connectivity index (χ1) is 14.2. The zero-order valence-corrected chi connectivity index (χ0v) is 17.2. The number of hydrogen-bond donors (Lipinski definition) is 2. The fraction of sp³-hybridized carbons (Fsp3) is 0.238. The molecule has 0 atom stereocenters. The first-order valence-electron chi connectivity index (χ1n) is 9.05. The Morgan fingerprint density at radius 2 is 1.77 bits per heavy atom. The molecular formula is C21H24N4O5. The van der Waals surface area contributed by atoms with Crippen LogP contribution in [0.15, 0.2) is 48.7 Å². The summed E-state index contributed by atoms with van der Waals surface area (Å²) in [4.78, 5) is 23.9. The second-order valence-electron chi connectivity index (χ2n) is 7.14. The Hall–Kier alpha value is -3.88. The predicted molar refractivity (Wildman–Crippen MR) is 116 cm³/mol. The number of benzene rings is 2. The van der Waals surface area contributed by atoms with Crippen LogP contribution in [0.3, 0.4) is 0 Å². The highest BCUT2D eigenvalue weighted by molar-refractivity contribution is 5.98. The summed E-state index contributed by atoms with van der Waals surface area (Å²) in [7, 11) is 1.83. The summed E-state index contributed by atoms with van der Waals surface area (Å²) in [6.45, 7) is 5.92. The Morgan fingerprint density at radius 1 is 1.10 bits per heavy atom. The van der Waals surface area contributed by atoms with Crippen LogP contribution in [0.1, 0.15) is 20.8 Å². The van der Waals surface area contributed by atoms with Gasteiger partial charge in [0, 0.05) is 35.8 Å². The lowest BCUT2D eigenvalue weighted by atomic mass is 10.1. The van der Waals surface area contributed by atoms with Crippen LogP contribution in [0.4, 0.5) is 17.2 Å². The number of nitrogens with two attached hydrogens (primary N) is 1. The molecule has 0 aliphatic carbocycles. The zero-order valence-electron chi connectivity index (χ0n) is 17.2. The standard InChI is InChI=1S/C16H14N4O3.C5H10O2/c1-18-12-6-7-13(11-5-3-2-4-10(11)12)23-14-8-9-19-16(17)15(14)20(21)22;1-5(2,3)7-4-6/h2-9,18H,1H3,(H2,17,19);4H,1-3H3. The summed E-state index contributed by atoms with van der Waals surface area (Å²) in [5, 5.41) is 16.1. The maximum absolute atomic E-state index is 11.2. The SMILES string of the molecule is CC(C)(C)OC=O.CNc1ccc(Oc2ccnc(N)c2[N+](=O)[O-])c2ccccc12. The minimum absolute atomic E-state index is 0.0601. The fourth-order valence-corrected chi connectivity index (χ4v) is 2.56. The number of nitrogen functional groups attached to an aromatic ring is 1. The number of pyridine rings is 1. The number of rotatable bonds is 5. The van der Waals surface area contributed by atoms with Gasteiger partial charge in [0.15, 0.2) is 0 Å². The molecule has 0 amide bonds. The number of nitrogens with one attached hydrogen (secondary N) is 1. The second-order valence-corrected chi connectivity index (χ2v) is 7.14. The Morgan fingerprint density at radius 3 is 2.30 bits per heavy atom. The van der Waals surface area contributed by atoms with Crippen LogP contribution in [-0.2, 0) is 9.53 Å². The van der Waals surface area contributed by atoms with Crippen LogP contribution < -0.4 is 15.8 Å². The first-order valence-corrected chi connectivity index (χ1v) is 9.05. The van der Waals surface area contributed by atoms with E-state index in [0.717, 1.165) is 16.5 Å².